The lowest BCUT2D eigenvalue weighted by Gasteiger charge is -2.44. The Hall–Kier alpha value is -0.480. The average Bonchev–Trinajstić information content (AvgIpc) is 2.69. The summed E-state index contributed by atoms with van der Waals surface area (Å²) in [5.74, 6) is 2.44. The van der Waals surface area contributed by atoms with Crippen LogP contribution in [0.15, 0.2) is 0 Å². The summed E-state index contributed by atoms with van der Waals surface area (Å²) in [6.07, 6.45) is 7.15. The van der Waals surface area contributed by atoms with E-state index in [1.807, 2.05) is 0 Å². The van der Waals surface area contributed by atoms with Gasteiger partial charge in [-0.2, -0.15) is 11.8 Å². The van der Waals surface area contributed by atoms with Gasteiger partial charge in [0, 0.05) is 29.3 Å². The zero-order chi connectivity index (χ0) is 13.3. The van der Waals surface area contributed by atoms with E-state index in [0.29, 0.717) is 4.75 Å². The second kappa shape index (κ2) is 5.49. The molecule has 1 saturated heterocycles. The summed E-state index contributed by atoms with van der Waals surface area (Å²) in [6.45, 7) is 7.67. The number of imidazole rings is 1. The van der Waals surface area contributed by atoms with Crippen LogP contribution in [-0.2, 0) is 6.54 Å². The molecule has 1 spiro atoms. The predicted molar refractivity (Wildman–Crippen MR) is 81.6 cm³/mol. The molecule has 4 heteroatoms. The SMILES string of the molecule is Cc1nc(CN2CCSC3(CCCCC3)C2)[nH]c1C. The van der Waals surface area contributed by atoms with Crippen LogP contribution < -0.4 is 0 Å². The summed E-state index contributed by atoms with van der Waals surface area (Å²) in [5, 5.41) is 0. The predicted octanol–water partition coefficient (Wildman–Crippen LogP) is 3.28. The molecule has 1 aromatic heterocycles. The topological polar surface area (TPSA) is 31.9 Å². The van der Waals surface area contributed by atoms with Crippen LogP contribution in [0, 0.1) is 13.8 Å². The van der Waals surface area contributed by atoms with Gasteiger partial charge >= 0.3 is 0 Å². The van der Waals surface area contributed by atoms with E-state index in [0.717, 1.165) is 18.1 Å². The average molecular weight is 279 g/mol. The van der Waals surface area contributed by atoms with E-state index in [4.69, 9.17) is 0 Å². The summed E-state index contributed by atoms with van der Waals surface area (Å²) in [4.78, 5) is 10.7. The molecule has 0 aromatic carbocycles. The highest BCUT2D eigenvalue weighted by Gasteiger charge is 2.37. The molecule has 2 aliphatic rings. The highest BCUT2D eigenvalue weighted by atomic mass is 32.2. The largest absolute Gasteiger partial charge is 0.345 e. The molecule has 0 amide bonds. The second-order valence-electron chi connectivity index (χ2n) is 6.20. The highest BCUT2D eigenvalue weighted by Crippen LogP contribution is 2.42. The Kier molecular flexibility index (Phi) is 3.90. The summed E-state index contributed by atoms with van der Waals surface area (Å²) < 4.78 is 0.563. The fourth-order valence-electron chi connectivity index (χ4n) is 3.46. The van der Waals surface area contributed by atoms with Crippen molar-refractivity contribution in [3.63, 3.8) is 0 Å². The van der Waals surface area contributed by atoms with Crippen molar-refractivity contribution in [1.82, 2.24) is 14.9 Å². The summed E-state index contributed by atoms with van der Waals surface area (Å²) in [7, 11) is 0. The third-order valence-electron chi connectivity index (χ3n) is 4.64. The van der Waals surface area contributed by atoms with Crippen LogP contribution in [-0.4, -0.2) is 38.5 Å². The number of nitrogens with zero attached hydrogens (tertiary/aromatic N) is 2. The van der Waals surface area contributed by atoms with E-state index in [1.165, 1.54) is 56.6 Å². The van der Waals surface area contributed by atoms with Crippen LogP contribution in [0.4, 0.5) is 0 Å². The van der Waals surface area contributed by atoms with E-state index in [9.17, 15) is 0 Å². The summed E-state index contributed by atoms with van der Waals surface area (Å²) in [6, 6.07) is 0. The van der Waals surface area contributed by atoms with E-state index < -0.39 is 0 Å². The Morgan fingerprint density at radius 3 is 2.74 bits per heavy atom. The van der Waals surface area contributed by atoms with Crippen molar-refractivity contribution in [2.24, 2.45) is 0 Å². The van der Waals surface area contributed by atoms with E-state index in [-0.39, 0.29) is 0 Å². The lowest BCUT2D eigenvalue weighted by Crippen LogP contribution is -2.47. The number of aromatic nitrogens is 2. The molecule has 0 unspecified atom stereocenters. The number of aromatic amines is 1. The minimum Gasteiger partial charge on any atom is -0.345 e. The van der Waals surface area contributed by atoms with Gasteiger partial charge in [-0.15, -0.1) is 0 Å². The van der Waals surface area contributed by atoms with Crippen molar-refractivity contribution in [1.29, 1.82) is 0 Å². The maximum atomic E-state index is 4.63. The van der Waals surface area contributed by atoms with Crippen LogP contribution in [0.3, 0.4) is 0 Å². The van der Waals surface area contributed by atoms with E-state index in [1.54, 1.807) is 0 Å². The first kappa shape index (κ1) is 13.5. The van der Waals surface area contributed by atoms with Gasteiger partial charge in [0.25, 0.3) is 0 Å². The summed E-state index contributed by atoms with van der Waals surface area (Å²) >= 11 is 2.24. The van der Waals surface area contributed by atoms with Crippen molar-refractivity contribution >= 4 is 11.8 Å². The van der Waals surface area contributed by atoms with Gasteiger partial charge in [0.2, 0.25) is 0 Å². The highest BCUT2D eigenvalue weighted by molar-refractivity contribution is 8.00. The molecule has 0 bridgehead atoms. The minimum absolute atomic E-state index is 0.563. The summed E-state index contributed by atoms with van der Waals surface area (Å²) in [5.41, 5.74) is 2.36. The normalized spacial score (nSPS) is 23.9. The van der Waals surface area contributed by atoms with Gasteiger partial charge in [-0.3, -0.25) is 4.90 Å². The van der Waals surface area contributed by atoms with Crippen molar-refractivity contribution in [2.45, 2.75) is 57.2 Å². The molecule has 0 atom stereocenters. The van der Waals surface area contributed by atoms with Crippen molar-refractivity contribution in [3.8, 4) is 0 Å². The standard InChI is InChI=1S/C15H25N3S/c1-12-13(2)17-14(16-12)10-18-8-9-19-15(11-18)6-4-3-5-7-15/h3-11H2,1-2H3,(H,16,17). The number of H-pyrrole nitrogens is 1. The number of rotatable bonds is 2. The second-order valence-corrected chi connectivity index (χ2v) is 7.76. The van der Waals surface area contributed by atoms with Gasteiger partial charge in [0.05, 0.1) is 12.2 Å². The van der Waals surface area contributed by atoms with Gasteiger partial charge in [0.1, 0.15) is 5.82 Å². The quantitative estimate of drug-likeness (QED) is 0.901. The zero-order valence-electron chi connectivity index (χ0n) is 12.2. The number of aryl methyl sites for hydroxylation is 2. The van der Waals surface area contributed by atoms with Gasteiger partial charge < -0.3 is 4.98 Å². The number of nitrogens with one attached hydrogen (secondary N) is 1. The van der Waals surface area contributed by atoms with Gasteiger partial charge in [-0.1, -0.05) is 19.3 Å². The van der Waals surface area contributed by atoms with Crippen molar-refractivity contribution in [3.05, 3.63) is 17.2 Å². The lowest BCUT2D eigenvalue weighted by atomic mass is 9.87. The van der Waals surface area contributed by atoms with Gasteiger partial charge in [-0.25, -0.2) is 4.98 Å². The third-order valence-corrected chi connectivity index (χ3v) is 6.18. The van der Waals surface area contributed by atoms with Crippen molar-refractivity contribution in [2.75, 3.05) is 18.8 Å². The Morgan fingerprint density at radius 1 is 1.26 bits per heavy atom. The van der Waals surface area contributed by atoms with Crippen LogP contribution >= 0.6 is 11.8 Å². The maximum Gasteiger partial charge on any atom is 0.120 e. The molecule has 2 heterocycles. The number of thioether (sulfide) groups is 1. The molecular formula is C15H25N3S. The van der Waals surface area contributed by atoms with Crippen LogP contribution in [0.5, 0.6) is 0 Å². The minimum atomic E-state index is 0.563. The van der Waals surface area contributed by atoms with Crippen LogP contribution in [0.2, 0.25) is 0 Å². The molecule has 1 saturated carbocycles. The fourth-order valence-corrected chi connectivity index (χ4v) is 5.10. The first-order valence-electron chi connectivity index (χ1n) is 7.55. The van der Waals surface area contributed by atoms with Gasteiger partial charge in [0.15, 0.2) is 0 Å². The molecule has 2 fully saturated rings. The first-order chi connectivity index (χ1) is 9.17. The lowest BCUT2D eigenvalue weighted by molar-refractivity contribution is 0.209. The Morgan fingerprint density at radius 2 is 2.05 bits per heavy atom. The molecule has 1 aliphatic heterocycles. The Bertz CT molecular complexity index is 410. The molecule has 1 N–H and O–H groups in total. The van der Waals surface area contributed by atoms with Crippen LogP contribution in [0.25, 0.3) is 0 Å². The van der Waals surface area contributed by atoms with Crippen molar-refractivity contribution < 1.29 is 0 Å². The van der Waals surface area contributed by atoms with Gasteiger partial charge in [-0.05, 0) is 26.7 Å². The molecule has 106 valence electrons. The molecule has 1 aliphatic carbocycles. The molecule has 19 heavy (non-hydrogen) atoms. The monoisotopic (exact) mass is 279 g/mol. The Balaban J connectivity index is 1.64. The first-order valence-corrected chi connectivity index (χ1v) is 8.54. The number of hydrogen-bond acceptors (Lipinski definition) is 3. The van der Waals surface area contributed by atoms with E-state index >= 15 is 0 Å². The molecule has 0 radical (unpaired) electrons. The fraction of sp³-hybridized carbons (Fsp3) is 0.800. The Labute approximate surface area is 120 Å². The van der Waals surface area contributed by atoms with Crippen LogP contribution in [0.1, 0.15) is 49.3 Å². The molecule has 1 aromatic rings. The smallest absolute Gasteiger partial charge is 0.120 e. The molecular weight excluding hydrogens is 254 g/mol. The third kappa shape index (κ3) is 3.00. The maximum absolute atomic E-state index is 4.63. The number of hydrogen-bond donors (Lipinski definition) is 1. The molecule has 3 rings (SSSR count). The zero-order valence-corrected chi connectivity index (χ0v) is 13.0. The molecule has 3 nitrogen and oxygen atoms in total. The van der Waals surface area contributed by atoms with E-state index in [2.05, 4.69) is 40.5 Å².